The first kappa shape index (κ1) is 34.9. The topological polar surface area (TPSA) is 82.5 Å². The first-order valence-corrected chi connectivity index (χ1v) is 17.3. The van der Waals surface area contributed by atoms with Gasteiger partial charge in [0.1, 0.15) is 11.1 Å². The van der Waals surface area contributed by atoms with Crippen molar-refractivity contribution in [2.45, 2.75) is 58.1 Å². The number of imidazole rings is 1. The molecule has 0 spiro atoms. The third-order valence-electron chi connectivity index (χ3n) is 8.73. The number of anilines is 1. The van der Waals surface area contributed by atoms with Crippen molar-refractivity contribution in [3.63, 3.8) is 0 Å². The lowest BCUT2D eigenvalue weighted by Crippen LogP contribution is -2.36. The van der Waals surface area contributed by atoms with E-state index in [2.05, 4.69) is 46.3 Å². The van der Waals surface area contributed by atoms with Crippen LogP contribution in [0.3, 0.4) is 0 Å². The van der Waals surface area contributed by atoms with Crippen molar-refractivity contribution in [1.82, 2.24) is 9.55 Å². The molecule has 0 fully saturated rings. The minimum absolute atomic E-state index is 0.0775. The number of amides is 1. The number of hydrogen-bond acceptors (Lipinski definition) is 5. The zero-order valence-electron chi connectivity index (χ0n) is 29.5. The summed E-state index contributed by atoms with van der Waals surface area (Å²) in [4.78, 5) is 31.4. The summed E-state index contributed by atoms with van der Waals surface area (Å²) in [6.45, 7) is 7.46. The van der Waals surface area contributed by atoms with E-state index in [0.29, 0.717) is 18.5 Å². The minimum atomic E-state index is -0.710. The van der Waals surface area contributed by atoms with Crippen molar-refractivity contribution in [2.24, 2.45) is 0 Å². The van der Waals surface area contributed by atoms with Gasteiger partial charge < -0.3 is 14.0 Å². The molecule has 7 heteroatoms. The van der Waals surface area contributed by atoms with Crippen LogP contribution in [0, 0.1) is 0 Å². The molecule has 0 radical (unpaired) electrons. The standard InChI is InChI=1S/C44H43N3O4/c1-5-32-26-28-38(41(46-42(49)51-43(2,3)4)40(32)33-18-10-6-11-19-33)50-39(48)29-27-37-30-47(31-45-37)44(34-20-12-7-13-21-34,35-22-14-8-15-23-35)36-24-16-9-17-25-36/h6-26,28,30-31H,5,27,29H2,1-4H3,(H,46,49). The molecule has 1 N–H and O–H groups in total. The van der Waals surface area contributed by atoms with Crippen molar-refractivity contribution >= 4 is 17.7 Å². The lowest BCUT2D eigenvalue weighted by molar-refractivity contribution is -0.134. The minimum Gasteiger partial charge on any atom is -0.444 e. The number of carbonyl (C=O) groups excluding carboxylic acids is 2. The van der Waals surface area contributed by atoms with Gasteiger partial charge >= 0.3 is 12.1 Å². The number of rotatable bonds is 11. The fourth-order valence-electron chi connectivity index (χ4n) is 6.54. The fraction of sp³-hybridized carbons (Fsp3) is 0.205. The van der Waals surface area contributed by atoms with Crippen molar-refractivity contribution in [1.29, 1.82) is 0 Å². The Balaban J connectivity index is 1.30. The van der Waals surface area contributed by atoms with Crippen LogP contribution in [0.5, 0.6) is 5.75 Å². The van der Waals surface area contributed by atoms with E-state index in [1.54, 1.807) is 26.8 Å². The van der Waals surface area contributed by atoms with E-state index in [-0.39, 0.29) is 12.2 Å². The molecule has 0 aliphatic carbocycles. The van der Waals surface area contributed by atoms with E-state index >= 15 is 0 Å². The Morgan fingerprint density at radius 2 is 1.25 bits per heavy atom. The number of carbonyl (C=O) groups is 2. The number of benzene rings is 5. The van der Waals surface area contributed by atoms with Gasteiger partial charge in [-0.15, -0.1) is 0 Å². The number of aryl methyl sites for hydroxylation is 2. The second-order valence-electron chi connectivity index (χ2n) is 13.4. The maximum atomic E-state index is 13.5. The highest BCUT2D eigenvalue weighted by molar-refractivity contribution is 5.96. The summed E-state index contributed by atoms with van der Waals surface area (Å²) in [5, 5.41) is 2.90. The first-order valence-electron chi connectivity index (χ1n) is 17.3. The summed E-state index contributed by atoms with van der Waals surface area (Å²) < 4.78 is 13.7. The van der Waals surface area contributed by atoms with Crippen LogP contribution in [0.4, 0.5) is 10.5 Å². The van der Waals surface area contributed by atoms with Gasteiger partial charge in [0, 0.05) is 18.2 Å². The predicted octanol–water partition coefficient (Wildman–Crippen LogP) is 9.84. The molecule has 1 heterocycles. The molecular formula is C44H43N3O4. The van der Waals surface area contributed by atoms with Crippen LogP contribution in [0.25, 0.3) is 11.1 Å². The lowest BCUT2D eigenvalue weighted by atomic mass is 9.77. The molecule has 0 unspecified atom stereocenters. The highest BCUT2D eigenvalue weighted by Crippen LogP contribution is 2.42. The summed E-state index contributed by atoms with van der Waals surface area (Å²) in [7, 11) is 0. The van der Waals surface area contributed by atoms with Crippen molar-refractivity contribution in [3.05, 3.63) is 174 Å². The van der Waals surface area contributed by atoms with Gasteiger partial charge in [-0.3, -0.25) is 10.1 Å². The zero-order valence-corrected chi connectivity index (χ0v) is 29.5. The molecule has 7 nitrogen and oxygen atoms in total. The van der Waals surface area contributed by atoms with Gasteiger partial charge in [-0.2, -0.15) is 0 Å². The fourth-order valence-corrected chi connectivity index (χ4v) is 6.54. The lowest BCUT2D eigenvalue weighted by Gasteiger charge is -2.37. The summed E-state index contributed by atoms with van der Waals surface area (Å²) in [6.07, 6.45) is 4.36. The van der Waals surface area contributed by atoms with Crippen LogP contribution in [0.1, 0.15) is 62.1 Å². The Morgan fingerprint density at radius 3 is 1.76 bits per heavy atom. The van der Waals surface area contributed by atoms with Crippen molar-refractivity contribution < 1.29 is 19.1 Å². The predicted molar refractivity (Wildman–Crippen MR) is 202 cm³/mol. The molecule has 5 aromatic carbocycles. The second-order valence-corrected chi connectivity index (χ2v) is 13.4. The normalized spacial score (nSPS) is 11.5. The largest absolute Gasteiger partial charge is 0.444 e. The molecule has 0 atom stereocenters. The summed E-state index contributed by atoms with van der Waals surface area (Å²) in [5.41, 5.74) is 5.65. The number of nitrogens with zero attached hydrogens (tertiary/aromatic N) is 2. The SMILES string of the molecule is CCc1ccc(OC(=O)CCc2cn(C(c3ccccc3)(c3ccccc3)c3ccccc3)cn2)c(NC(=O)OC(C)(C)C)c1-c1ccccc1. The molecule has 51 heavy (non-hydrogen) atoms. The van der Waals surface area contributed by atoms with Crippen LogP contribution in [0.15, 0.2) is 146 Å². The Kier molecular flexibility index (Phi) is 10.5. The van der Waals surface area contributed by atoms with Crippen LogP contribution < -0.4 is 10.1 Å². The van der Waals surface area contributed by atoms with Gasteiger partial charge in [0.2, 0.25) is 0 Å². The van der Waals surface area contributed by atoms with E-state index < -0.39 is 23.2 Å². The summed E-state index contributed by atoms with van der Waals surface area (Å²) in [5.74, 6) is -0.191. The molecule has 0 saturated heterocycles. The Hall–Kier alpha value is -5.95. The van der Waals surface area contributed by atoms with Gasteiger partial charge in [0.25, 0.3) is 0 Å². The molecule has 258 valence electrons. The first-order chi connectivity index (χ1) is 24.7. The van der Waals surface area contributed by atoms with Gasteiger partial charge in [-0.25, -0.2) is 9.78 Å². The Morgan fingerprint density at radius 1 is 0.725 bits per heavy atom. The molecule has 0 aliphatic rings. The van der Waals surface area contributed by atoms with Crippen molar-refractivity contribution in [3.8, 4) is 16.9 Å². The average molecular weight is 678 g/mol. The Labute approximate surface area is 299 Å². The molecule has 1 amide bonds. The van der Waals surface area contributed by atoms with E-state index in [1.807, 2.05) is 110 Å². The number of hydrogen-bond donors (Lipinski definition) is 1. The zero-order chi connectivity index (χ0) is 35.8. The third-order valence-corrected chi connectivity index (χ3v) is 8.73. The van der Waals surface area contributed by atoms with Crippen LogP contribution >= 0.6 is 0 Å². The van der Waals surface area contributed by atoms with Crippen LogP contribution in [0.2, 0.25) is 0 Å². The summed E-state index contributed by atoms with van der Waals surface area (Å²) >= 11 is 0. The summed E-state index contributed by atoms with van der Waals surface area (Å²) in [6, 6.07) is 44.5. The highest BCUT2D eigenvalue weighted by Gasteiger charge is 2.38. The second kappa shape index (κ2) is 15.3. The van der Waals surface area contributed by atoms with Gasteiger partial charge in [-0.1, -0.05) is 134 Å². The number of esters is 1. The smallest absolute Gasteiger partial charge is 0.412 e. The molecule has 1 aromatic heterocycles. The van der Waals surface area contributed by atoms with Crippen LogP contribution in [-0.4, -0.2) is 27.2 Å². The molecular weight excluding hydrogens is 635 g/mol. The third kappa shape index (κ3) is 7.78. The maximum absolute atomic E-state index is 13.5. The quantitative estimate of drug-likeness (QED) is 0.0839. The molecule has 0 bridgehead atoms. The average Bonchev–Trinajstić information content (AvgIpc) is 3.62. The number of aromatic nitrogens is 2. The molecule has 0 saturated carbocycles. The molecule has 0 aliphatic heterocycles. The monoisotopic (exact) mass is 677 g/mol. The highest BCUT2D eigenvalue weighted by atomic mass is 16.6. The van der Waals surface area contributed by atoms with E-state index in [4.69, 9.17) is 14.5 Å². The number of ether oxygens (including phenoxy) is 2. The van der Waals surface area contributed by atoms with Crippen molar-refractivity contribution in [2.75, 3.05) is 5.32 Å². The van der Waals surface area contributed by atoms with Gasteiger partial charge in [0.05, 0.1) is 24.1 Å². The Bertz CT molecular complexity index is 1970. The van der Waals surface area contributed by atoms with Gasteiger partial charge in [-0.05, 0) is 61.1 Å². The van der Waals surface area contributed by atoms with E-state index in [0.717, 1.165) is 39.1 Å². The van der Waals surface area contributed by atoms with E-state index in [1.165, 1.54) is 0 Å². The van der Waals surface area contributed by atoms with E-state index in [9.17, 15) is 9.59 Å². The van der Waals surface area contributed by atoms with Gasteiger partial charge in [0.15, 0.2) is 5.75 Å². The molecule has 6 aromatic rings. The number of nitrogens with one attached hydrogen (secondary N) is 1. The molecule has 6 rings (SSSR count). The van der Waals surface area contributed by atoms with Crippen LogP contribution in [-0.2, 0) is 27.9 Å². The maximum Gasteiger partial charge on any atom is 0.412 e.